The van der Waals surface area contributed by atoms with Crippen molar-refractivity contribution < 1.29 is 12.6 Å². The lowest BCUT2D eigenvalue weighted by molar-refractivity contribution is 0.217. The summed E-state index contributed by atoms with van der Waals surface area (Å²) in [7, 11) is -1.31. The maximum Gasteiger partial charge on any atom is 0.264 e. The fraction of sp³-hybridized carbons (Fsp3) is 1.00. The molecule has 4 nitrogen and oxygen atoms in total. The first-order valence-electron chi connectivity index (χ1n) is 3.54. The molecule has 66 valence electrons. The molecule has 0 aromatic heterocycles. The van der Waals surface area contributed by atoms with Gasteiger partial charge in [-0.3, -0.25) is 4.18 Å². The summed E-state index contributed by atoms with van der Waals surface area (Å²) < 4.78 is 26.1. The number of likely N-dealkylation sites (tertiary alicyclic amines) is 1. The predicted octanol–water partition coefficient (Wildman–Crippen LogP) is -0.333. The van der Waals surface area contributed by atoms with Gasteiger partial charge in [-0.25, -0.2) is 0 Å². The summed E-state index contributed by atoms with van der Waals surface area (Å²) in [6.45, 7) is 1.63. The van der Waals surface area contributed by atoms with Crippen LogP contribution in [0.2, 0.25) is 0 Å². The summed E-state index contributed by atoms with van der Waals surface area (Å²) in [5.41, 5.74) is 0. The van der Waals surface area contributed by atoms with E-state index in [0.29, 0.717) is 6.54 Å². The van der Waals surface area contributed by atoms with Crippen LogP contribution >= 0.6 is 0 Å². The van der Waals surface area contributed by atoms with Gasteiger partial charge < -0.3 is 4.90 Å². The second-order valence-corrected chi connectivity index (χ2v) is 4.57. The van der Waals surface area contributed by atoms with E-state index in [1.807, 2.05) is 7.05 Å². The van der Waals surface area contributed by atoms with E-state index in [0.717, 1.165) is 19.2 Å². The average Bonchev–Trinajstić information content (AvgIpc) is 2.10. The monoisotopic (exact) mass is 179 g/mol. The van der Waals surface area contributed by atoms with Crippen LogP contribution in [0, 0.1) is 0 Å². The van der Waals surface area contributed by atoms with E-state index >= 15 is 0 Å². The van der Waals surface area contributed by atoms with E-state index in [1.54, 1.807) is 0 Å². The van der Waals surface area contributed by atoms with Crippen molar-refractivity contribution in [3.8, 4) is 0 Å². The molecule has 0 aromatic rings. The van der Waals surface area contributed by atoms with E-state index in [9.17, 15) is 8.42 Å². The van der Waals surface area contributed by atoms with Gasteiger partial charge in [0.2, 0.25) is 0 Å². The molecule has 0 spiro atoms. The fourth-order valence-corrected chi connectivity index (χ4v) is 1.87. The maximum absolute atomic E-state index is 10.7. The molecule has 0 bridgehead atoms. The zero-order valence-electron chi connectivity index (χ0n) is 6.78. The number of hydrogen-bond acceptors (Lipinski definition) is 4. The van der Waals surface area contributed by atoms with Gasteiger partial charge in [-0.05, 0) is 13.5 Å². The molecule has 1 unspecified atom stereocenters. The molecule has 1 rings (SSSR count). The topological polar surface area (TPSA) is 46.6 Å². The normalized spacial score (nSPS) is 27.6. The molecule has 0 N–H and O–H groups in total. The molecule has 1 fully saturated rings. The van der Waals surface area contributed by atoms with E-state index in [4.69, 9.17) is 4.18 Å². The van der Waals surface area contributed by atoms with Crippen LogP contribution in [-0.2, 0) is 14.3 Å². The van der Waals surface area contributed by atoms with Crippen LogP contribution in [0.1, 0.15) is 6.42 Å². The highest BCUT2D eigenvalue weighted by Gasteiger charge is 2.23. The Bertz CT molecular complexity index is 224. The summed E-state index contributed by atoms with van der Waals surface area (Å²) in [6, 6.07) is 0. The fourth-order valence-electron chi connectivity index (χ4n) is 1.22. The van der Waals surface area contributed by atoms with Crippen molar-refractivity contribution in [2.45, 2.75) is 12.5 Å². The molecule has 0 aliphatic carbocycles. The third-order valence-electron chi connectivity index (χ3n) is 1.66. The highest BCUT2D eigenvalue weighted by Crippen LogP contribution is 2.11. The van der Waals surface area contributed by atoms with Crippen molar-refractivity contribution in [1.82, 2.24) is 4.90 Å². The van der Waals surface area contributed by atoms with Crippen LogP contribution in [0.5, 0.6) is 0 Å². The second-order valence-electron chi connectivity index (χ2n) is 2.97. The van der Waals surface area contributed by atoms with Gasteiger partial charge >= 0.3 is 0 Å². The minimum Gasteiger partial charge on any atom is -0.304 e. The molecular formula is C6H13NO3S. The molecule has 0 radical (unpaired) electrons. The van der Waals surface area contributed by atoms with E-state index in [1.165, 1.54) is 0 Å². The first-order valence-corrected chi connectivity index (χ1v) is 5.36. The Balaban J connectivity index is 2.41. The van der Waals surface area contributed by atoms with Gasteiger partial charge in [0.15, 0.2) is 0 Å². The van der Waals surface area contributed by atoms with Crippen LogP contribution in [0.25, 0.3) is 0 Å². The van der Waals surface area contributed by atoms with Crippen molar-refractivity contribution in [1.29, 1.82) is 0 Å². The molecular weight excluding hydrogens is 166 g/mol. The Morgan fingerprint density at radius 3 is 2.55 bits per heavy atom. The summed E-state index contributed by atoms with van der Waals surface area (Å²) in [5, 5.41) is 0. The third kappa shape index (κ3) is 3.18. The third-order valence-corrected chi connectivity index (χ3v) is 2.28. The van der Waals surface area contributed by atoms with Crippen molar-refractivity contribution in [2.75, 3.05) is 26.4 Å². The number of rotatable bonds is 2. The van der Waals surface area contributed by atoms with Gasteiger partial charge in [-0.2, -0.15) is 8.42 Å². The standard InChI is InChI=1S/C6H13NO3S/c1-7-4-3-6(5-7)10-11(2,8)9/h6H,3-5H2,1-2H3. The van der Waals surface area contributed by atoms with Crippen LogP contribution in [0.3, 0.4) is 0 Å². The second kappa shape index (κ2) is 3.08. The van der Waals surface area contributed by atoms with Crippen molar-refractivity contribution >= 4 is 10.1 Å². The molecule has 5 heteroatoms. The Hall–Kier alpha value is -0.130. The Kier molecular flexibility index (Phi) is 2.51. The zero-order valence-corrected chi connectivity index (χ0v) is 7.60. The molecule has 1 aliphatic rings. The minimum absolute atomic E-state index is 0.130. The highest BCUT2D eigenvalue weighted by atomic mass is 32.2. The molecule has 0 aromatic carbocycles. The number of likely N-dealkylation sites (N-methyl/N-ethyl adjacent to an activating group) is 1. The molecule has 1 saturated heterocycles. The van der Waals surface area contributed by atoms with Gasteiger partial charge in [-0.1, -0.05) is 0 Å². The first-order chi connectivity index (χ1) is 4.97. The number of nitrogens with zero attached hydrogens (tertiary/aromatic N) is 1. The summed E-state index contributed by atoms with van der Waals surface area (Å²) >= 11 is 0. The number of hydrogen-bond donors (Lipinski definition) is 0. The molecule has 0 saturated carbocycles. The molecule has 1 heterocycles. The summed E-state index contributed by atoms with van der Waals surface area (Å²) in [4.78, 5) is 2.05. The highest BCUT2D eigenvalue weighted by molar-refractivity contribution is 7.86. The van der Waals surface area contributed by atoms with E-state index < -0.39 is 10.1 Å². The van der Waals surface area contributed by atoms with Crippen LogP contribution < -0.4 is 0 Å². The van der Waals surface area contributed by atoms with Crippen molar-refractivity contribution in [3.05, 3.63) is 0 Å². The Morgan fingerprint density at radius 2 is 2.18 bits per heavy atom. The summed E-state index contributed by atoms with van der Waals surface area (Å²) in [5.74, 6) is 0. The first kappa shape index (κ1) is 8.96. The molecule has 1 atom stereocenters. The van der Waals surface area contributed by atoms with Gasteiger partial charge in [0.1, 0.15) is 0 Å². The Labute approximate surface area is 67.3 Å². The zero-order chi connectivity index (χ0) is 8.48. The SMILES string of the molecule is CN1CCC(OS(C)(=O)=O)C1. The van der Waals surface area contributed by atoms with Crippen molar-refractivity contribution in [2.24, 2.45) is 0 Å². The predicted molar refractivity (Wildman–Crippen MR) is 41.8 cm³/mol. The van der Waals surface area contributed by atoms with Gasteiger partial charge in [-0.15, -0.1) is 0 Å². The van der Waals surface area contributed by atoms with Gasteiger partial charge in [0.05, 0.1) is 12.4 Å². The van der Waals surface area contributed by atoms with Crippen LogP contribution in [0.15, 0.2) is 0 Å². The van der Waals surface area contributed by atoms with E-state index in [2.05, 4.69) is 4.90 Å². The lowest BCUT2D eigenvalue weighted by Gasteiger charge is -2.08. The Morgan fingerprint density at radius 1 is 1.55 bits per heavy atom. The van der Waals surface area contributed by atoms with Crippen molar-refractivity contribution in [3.63, 3.8) is 0 Å². The molecule has 0 amide bonds. The lowest BCUT2D eigenvalue weighted by atomic mass is 10.3. The maximum atomic E-state index is 10.7. The van der Waals surface area contributed by atoms with Crippen LogP contribution in [-0.4, -0.2) is 45.8 Å². The summed E-state index contributed by atoms with van der Waals surface area (Å²) in [6.07, 6.45) is 1.77. The van der Waals surface area contributed by atoms with E-state index in [-0.39, 0.29) is 6.10 Å². The smallest absolute Gasteiger partial charge is 0.264 e. The van der Waals surface area contributed by atoms with Gasteiger partial charge in [0.25, 0.3) is 10.1 Å². The molecule has 11 heavy (non-hydrogen) atoms. The van der Waals surface area contributed by atoms with Crippen LogP contribution in [0.4, 0.5) is 0 Å². The minimum atomic E-state index is -3.26. The lowest BCUT2D eigenvalue weighted by Crippen LogP contribution is -2.21. The molecule has 1 aliphatic heterocycles. The largest absolute Gasteiger partial charge is 0.304 e. The quantitative estimate of drug-likeness (QED) is 0.544. The average molecular weight is 179 g/mol. The van der Waals surface area contributed by atoms with Gasteiger partial charge in [0, 0.05) is 13.1 Å².